The molecule has 0 aliphatic heterocycles. The van der Waals surface area contributed by atoms with E-state index in [9.17, 15) is 18.3 Å². The summed E-state index contributed by atoms with van der Waals surface area (Å²) in [6.07, 6.45) is 2.65. The highest BCUT2D eigenvalue weighted by atomic mass is 32.2. The van der Waals surface area contributed by atoms with Crippen molar-refractivity contribution in [3.63, 3.8) is 0 Å². The van der Waals surface area contributed by atoms with Crippen LogP contribution in [-0.2, 0) is 21.4 Å². The largest absolute Gasteiger partial charge is 0.497 e. The molecule has 30 heavy (non-hydrogen) atoms. The Labute approximate surface area is 176 Å². The first-order valence-corrected chi connectivity index (χ1v) is 11.1. The molecule has 2 aromatic carbocycles. The predicted octanol–water partition coefficient (Wildman–Crippen LogP) is 2.86. The molecule has 9 heteroatoms. The van der Waals surface area contributed by atoms with Crippen molar-refractivity contribution in [2.24, 2.45) is 11.8 Å². The van der Waals surface area contributed by atoms with Crippen molar-refractivity contribution in [2.45, 2.75) is 43.2 Å². The van der Waals surface area contributed by atoms with Crippen molar-refractivity contribution in [3.05, 3.63) is 60.2 Å². The molecule has 164 valence electrons. The van der Waals surface area contributed by atoms with Gasteiger partial charge in [-0.15, -0.1) is 0 Å². The lowest BCUT2D eigenvalue weighted by atomic mass is 9.84. The molecular formula is C21H28N2O6S. The fourth-order valence-corrected chi connectivity index (χ4v) is 5.45. The third-order valence-electron chi connectivity index (χ3n) is 5.26. The van der Waals surface area contributed by atoms with Gasteiger partial charge < -0.3 is 15.1 Å². The van der Waals surface area contributed by atoms with E-state index in [4.69, 9.17) is 9.94 Å². The maximum atomic E-state index is 13.5. The fraction of sp³-hybridized carbons (Fsp3) is 0.381. The Kier molecular flexibility index (Phi) is 8.79. The summed E-state index contributed by atoms with van der Waals surface area (Å²) in [5, 5.41) is 16.2. The SMILES string of the molecule is COc1ccc(S(=O)(=O)N(Cc2ccccc2)[C@H]2CCCC[C@@H]2C(=O)O)cc1.NO. The van der Waals surface area contributed by atoms with Gasteiger partial charge in [-0.1, -0.05) is 43.2 Å². The van der Waals surface area contributed by atoms with Crippen molar-refractivity contribution >= 4 is 16.0 Å². The highest BCUT2D eigenvalue weighted by Gasteiger charge is 2.40. The molecule has 0 unspecified atom stereocenters. The third kappa shape index (κ3) is 5.57. The number of benzene rings is 2. The molecule has 1 aliphatic rings. The molecule has 0 spiro atoms. The van der Waals surface area contributed by atoms with Crippen LogP contribution >= 0.6 is 0 Å². The highest BCUT2D eigenvalue weighted by Crippen LogP contribution is 2.34. The minimum Gasteiger partial charge on any atom is -0.497 e. The average molecular weight is 437 g/mol. The number of hydrogen-bond acceptors (Lipinski definition) is 6. The van der Waals surface area contributed by atoms with Crippen molar-refractivity contribution < 1.29 is 28.3 Å². The van der Waals surface area contributed by atoms with E-state index in [0.717, 1.165) is 18.4 Å². The molecule has 0 heterocycles. The molecule has 2 atom stereocenters. The first-order valence-electron chi connectivity index (χ1n) is 9.62. The molecule has 1 fully saturated rings. The van der Waals surface area contributed by atoms with Crippen molar-refractivity contribution in [1.29, 1.82) is 0 Å². The number of nitrogens with zero attached hydrogens (tertiary/aromatic N) is 1. The number of rotatable bonds is 7. The fourth-order valence-electron chi connectivity index (χ4n) is 3.77. The van der Waals surface area contributed by atoms with Crippen LogP contribution in [0, 0.1) is 5.92 Å². The van der Waals surface area contributed by atoms with Gasteiger partial charge >= 0.3 is 5.97 Å². The van der Waals surface area contributed by atoms with E-state index in [1.54, 1.807) is 12.1 Å². The van der Waals surface area contributed by atoms with Crippen LogP contribution in [0.4, 0.5) is 0 Å². The predicted molar refractivity (Wildman–Crippen MR) is 112 cm³/mol. The van der Waals surface area contributed by atoms with Gasteiger partial charge in [0.2, 0.25) is 10.0 Å². The highest BCUT2D eigenvalue weighted by molar-refractivity contribution is 7.89. The lowest BCUT2D eigenvalue weighted by molar-refractivity contribution is -0.144. The first kappa shape index (κ1) is 23.8. The Morgan fingerprint density at radius 3 is 2.23 bits per heavy atom. The Hall–Kier alpha value is -2.46. The van der Waals surface area contributed by atoms with Crippen LogP contribution in [0.3, 0.4) is 0 Å². The molecule has 0 aromatic heterocycles. The van der Waals surface area contributed by atoms with Gasteiger partial charge in [0.05, 0.1) is 17.9 Å². The van der Waals surface area contributed by atoms with E-state index in [2.05, 4.69) is 5.90 Å². The minimum absolute atomic E-state index is 0.138. The maximum absolute atomic E-state index is 13.5. The van der Waals surface area contributed by atoms with E-state index in [-0.39, 0.29) is 11.4 Å². The lowest BCUT2D eigenvalue weighted by Gasteiger charge is -2.37. The minimum atomic E-state index is -3.88. The number of sulfonamides is 1. The zero-order valence-electron chi connectivity index (χ0n) is 16.8. The standard InChI is InChI=1S/C21H25NO5S.H3NO/c1-27-17-11-13-18(14-12-17)28(25,26)22(15-16-7-3-2-4-8-16)20-10-6-5-9-19(20)21(23)24;1-2/h2-4,7-8,11-14,19-20H,5-6,9-10,15H2,1H3,(H,23,24);2H,1H2/t19-,20-;/m0./s1. The molecule has 0 radical (unpaired) electrons. The number of carbonyl (C=O) groups is 1. The number of hydrogen-bond donors (Lipinski definition) is 3. The van der Waals surface area contributed by atoms with E-state index in [1.165, 1.54) is 23.5 Å². The van der Waals surface area contributed by atoms with Crippen LogP contribution in [0.2, 0.25) is 0 Å². The zero-order valence-corrected chi connectivity index (χ0v) is 17.7. The van der Waals surface area contributed by atoms with Gasteiger partial charge in [0.1, 0.15) is 5.75 Å². The molecule has 8 nitrogen and oxygen atoms in total. The number of carboxylic acid groups (broad SMARTS) is 1. The van der Waals surface area contributed by atoms with E-state index >= 15 is 0 Å². The summed E-state index contributed by atoms with van der Waals surface area (Å²) >= 11 is 0. The number of aliphatic carboxylic acids is 1. The summed E-state index contributed by atoms with van der Waals surface area (Å²) in [5.41, 5.74) is 0.828. The average Bonchev–Trinajstić information content (AvgIpc) is 2.79. The zero-order chi connectivity index (χ0) is 22.1. The molecule has 1 aliphatic carbocycles. The quantitative estimate of drug-likeness (QED) is 0.569. The Bertz CT molecular complexity index is 903. The topological polar surface area (TPSA) is 130 Å². The Morgan fingerprint density at radius 1 is 1.07 bits per heavy atom. The van der Waals surface area contributed by atoms with Gasteiger partial charge in [-0.3, -0.25) is 4.79 Å². The number of ether oxygens (including phenoxy) is 1. The molecule has 0 bridgehead atoms. The Morgan fingerprint density at radius 2 is 1.67 bits per heavy atom. The third-order valence-corrected chi connectivity index (χ3v) is 7.15. The van der Waals surface area contributed by atoms with Crippen molar-refractivity contribution in [3.8, 4) is 5.75 Å². The van der Waals surface area contributed by atoms with Crippen LogP contribution in [0.25, 0.3) is 0 Å². The van der Waals surface area contributed by atoms with Crippen LogP contribution in [0.5, 0.6) is 5.75 Å². The second-order valence-electron chi connectivity index (χ2n) is 7.01. The molecule has 4 N–H and O–H groups in total. The van der Waals surface area contributed by atoms with Crippen LogP contribution in [-0.4, -0.2) is 42.2 Å². The molecule has 3 rings (SSSR count). The van der Waals surface area contributed by atoms with Crippen molar-refractivity contribution in [1.82, 2.24) is 4.31 Å². The summed E-state index contributed by atoms with van der Waals surface area (Å²) in [4.78, 5) is 12.0. The second-order valence-corrected chi connectivity index (χ2v) is 8.90. The normalized spacial score (nSPS) is 18.9. The lowest BCUT2D eigenvalue weighted by Crippen LogP contribution is -2.47. The maximum Gasteiger partial charge on any atom is 0.308 e. The van der Waals surface area contributed by atoms with Gasteiger partial charge in [0, 0.05) is 12.6 Å². The van der Waals surface area contributed by atoms with Crippen LogP contribution in [0.15, 0.2) is 59.5 Å². The summed E-state index contributed by atoms with van der Waals surface area (Å²) in [7, 11) is -2.36. The van der Waals surface area contributed by atoms with Gasteiger partial charge in [-0.25, -0.2) is 14.3 Å². The summed E-state index contributed by atoms with van der Waals surface area (Å²) in [6.45, 7) is 0.143. The van der Waals surface area contributed by atoms with E-state index in [1.807, 2.05) is 30.3 Å². The Balaban J connectivity index is 0.00000155. The smallest absolute Gasteiger partial charge is 0.308 e. The molecular weight excluding hydrogens is 408 g/mol. The number of carboxylic acids is 1. The molecule has 2 aromatic rings. The molecule has 0 saturated heterocycles. The van der Waals surface area contributed by atoms with Crippen LogP contribution in [0.1, 0.15) is 31.2 Å². The number of nitrogens with two attached hydrogens (primary N) is 1. The van der Waals surface area contributed by atoms with Gasteiger partial charge in [-0.05, 0) is 42.7 Å². The first-order chi connectivity index (χ1) is 14.4. The molecule has 1 saturated carbocycles. The van der Waals surface area contributed by atoms with Gasteiger partial charge in [-0.2, -0.15) is 4.31 Å². The summed E-state index contributed by atoms with van der Waals surface area (Å²) in [6, 6.07) is 14.9. The monoisotopic (exact) mass is 436 g/mol. The summed E-state index contributed by atoms with van der Waals surface area (Å²) in [5.74, 6) is 2.42. The second kappa shape index (κ2) is 11.1. The molecule has 0 amide bonds. The number of methoxy groups -OCH3 is 1. The summed E-state index contributed by atoms with van der Waals surface area (Å²) < 4.78 is 33.5. The van der Waals surface area contributed by atoms with Gasteiger partial charge in [0.25, 0.3) is 0 Å². The van der Waals surface area contributed by atoms with Crippen molar-refractivity contribution in [2.75, 3.05) is 7.11 Å². The van der Waals surface area contributed by atoms with Gasteiger partial charge in [0.15, 0.2) is 0 Å². The van der Waals surface area contributed by atoms with E-state index in [0.29, 0.717) is 18.6 Å². The van der Waals surface area contributed by atoms with E-state index < -0.39 is 28.0 Å². The van der Waals surface area contributed by atoms with Crippen LogP contribution < -0.4 is 10.6 Å².